The Labute approximate surface area is 142 Å². The highest BCUT2D eigenvalue weighted by atomic mass is 19.4. The third-order valence-electron chi connectivity index (χ3n) is 4.58. The fourth-order valence-corrected chi connectivity index (χ4v) is 3.49. The summed E-state index contributed by atoms with van der Waals surface area (Å²) in [5, 5.41) is 9.81. The van der Waals surface area contributed by atoms with E-state index in [1.807, 2.05) is 0 Å². The minimum Gasteiger partial charge on any atom is -0.394 e. The molecular formula is C18H27F3N2O. The molecule has 0 amide bonds. The van der Waals surface area contributed by atoms with Gasteiger partial charge in [-0.3, -0.25) is 4.90 Å². The Balaban J connectivity index is 2.08. The van der Waals surface area contributed by atoms with Crippen LogP contribution in [0.2, 0.25) is 0 Å². The second-order valence-corrected chi connectivity index (χ2v) is 7.06. The molecule has 1 heterocycles. The molecule has 1 aromatic carbocycles. The first-order chi connectivity index (χ1) is 11.2. The summed E-state index contributed by atoms with van der Waals surface area (Å²) in [6.45, 7) is 10.1. The van der Waals surface area contributed by atoms with Gasteiger partial charge in [-0.1, -0.05) is 26.0 Å². The van der Waals surface area contributed by atoms with Gasteiger partial charge in [-0.15, -0.1) is 0 Å². The molecule has 6 heteroatoms. The van der Waals surface area contributed by atoms with E-state index in [-0.39, 0.29) is 18.7 Å². The number of hydrogen-bond donors (Lipinski definition) is 1. The molecule has 2 rings (SSSR count). The second-order valence-electron chi connectivity index (χ2n) is 7.06. The normalized spacial score (nSPS) is 22.1. The molecule has 1 aliphatic heterocycles. The summed E-state index contributed by atoms with van der Waals surface area (Å²) in [7, 11) is 0. The third-order valence-corrected chi connectivity index (χ3v) is 4.58. The highest BCUT2D eigenvalue weighted by molar-refractivity contribution is 5.27. The molecule has 0 aliphatic carbocycles. The molecule has 0 aromatic heterocycles. The molecule has 0 spiro atoms. The van der Waals surface area contributed by atoms with Gasteiger partial charge in [-0.05, 0) is 30.5 Å². The molecule has 1 fully saturated rings. The molecule has 3 nitrogen and oxygen atoms in total. The van der Waals surface area contributed by atoms with Gasteiger partial charge in [-0.2, -0.15) is 13.2 Å². The summed E-state index contributed by atoms with van der Waals surface area (Å²) in [5.41, 5.74) is 0.0763. The van der Waals surface area contributed by atoms with Gasteiger partial charge < -0.3 is 10.0 Å². The summed E-state index contributed by atoms with van der Waals surface area (Å²) >= 11 is 0. The zero-order chi connectivity index (χ0) is 17.9. The average molecular weight is 344 g/mol. The standard InChI is InChI=1S/C18H27F3N2O/c1-13(2)10-22-8-9-23(14(3)11-22)17(12-24)15-4-6-16(7-5-15)18(19,20)21/h4-7,13-14,17,24H,8-12H2,1-3H3. The Kier molecular flexibility index (Phi) is 6.28. The summed E-state index contributed by atoms with van der Waals surface area (Å²) in [6, 6.07) is 5.14. The molecule has 2 atom stereocenters. The molecule has 1 aromatic rings. The van der Waals surface area contributed by atoms with Gasteiger partial charge in [0, 0.05) is 32.2 Å². The predicted molar refractivity (Wildman–Crippen MR) is 88.7 cm³/mol. The molecule has 1 aliphatic rings. The van der Waals surface area contributed by atoms with Crippen LogP contribution in [0.25, 0.3) is 0 Å². The van der Waals surface area contributed by atoms with Gasteiger partial charge in [0.05, 0.1) is 18.2 Å². The monoisotopic (exact) mass is 344 g/mol. The van der Waals surface area contributed by atoms with E-state index < -0.39 is 11.7 Å². The van der Waals surface area contributed by atoms with Crippen LogP contribution < -0.4 is 0 Å². The smallest absolute Gasteiger partial charge is 0.394 e. The Hall–Kier alpha value is -1.11. The molecule has 0 bridgehead atoms. The summed E-state index contributed by atoms with van der Waals surface area (Å²) in [4.78, 5) is 4.60. The number of aliphatic hydroxyl groups is 1. The molecule has 136 valence electrons. The first-order valence-electron chi connectivity index (χ1n) is 8.48. The lowest BCUT2D eigenvalue weighted by Gasteiger charge is -2.44. The quantitative estimate of drug-likeness (QED) is 0.887. The highest BCUT2D eigenvalue weighted by Gasteiger charge is 2.32. The number of aliphatic hydroxyl groups excluding tert-OH is 1. The van der Waals surface area contributed by atoms with E-state index in [0.717, 1.165) is 43.9 Å². The summed E-state index contributed by atoms with van der Waals surface area (Å²) in [5.74, 6) is 0.604. The van der Waals surface area contributed by atoms with Crippen LogP contribution in [0, 0.1) is 5.92 Å². The number of halogens is 3. The van der Waals surface area contributed by atoms with Crippen LogP contribution in [0.1, 0.15) is 37.9 Å². The van der Waals surface area contributed by atoms with Gasteiger partial charge in [0.25, 0.3) is 0 Å². The number of hydrogen-bond acceptors (Lipinski definition) is 3. The number of benzene rings is 1. The third kappa shape index (κ3) is 4.71. The second kappa shape index (κ2) is 7.85. The lowest BCUT2D eigenvalue weighted by Crippen LogP contribution is -2.54. The van der Waals surface area contributed by atoms with Gasteiger partial charge >= 0.3 is 6.18 Å². The SMILES string of the molecule is CC(C)CN1CCN(C(CO)c2ccc(C(F)(F)F)cc2)C(C)C1. The van der Waals surface area contributed by atoms with Gasteiger partial charge in [0.1, 0.15) is 0 Å². The summed E-state index contributed by atoms with van der Waals surface area (Å²) in [6.07, 6.45) is -4.33. The molecule has 2 unspecified atom stereocenters. The number of rotatable bonds is 5. The Morgan fingerprint density at radius 2 is 1.79 bits per heavy atom. The van der Waals surface area contributed by atoms with Crippen LogP contribution in [-0.4, -0.2) is 53.7 Å². The van der Waals surface area contributed by atoms with E-state index in [1.54, 1.807) is 0 Å². The maximum atomic E-state index is 12.7. The van der Waals surface area contributed by atoms with Crippen molar-refractivity contribution in [3.63, 3.8) is 0 Å². The van der Waals surface area contributed by atoms with Crippen LogP contribution in [0.4, 0.5) is 13.2 Å². The maximum absolute atomic E-state index is 12.7. The molecule has 1 N–H and O–H groups in total. The number of piperazine rings is 1. The molecule has 24 heavy (non-hydrogen) atoms. The van der Waals surface area contributed by atoms with Crippen molar-refractivity contribution < 1.29 is 18.3 Å². The zero-order valence-electron chi connectivity index (χ0n) is 14.6. The number of nitrogens with zero attached hydrogens (tertiary/aromatic N) is 2. The van der Waals surface area contributed by atoms with Crippen molar-refractivity contribution in [3.05, 3.63) is 35.4 Å². The van der Waals surface area contributed by atoms with Crippen LogP contribution in [0.5, 0.6) is 0 Å². The van der Waals surface area contributed by atoms with Crippen molar-refractivity contribution >= 4 is 0 Å². The minimum absolute atomic E-state index is 0.0973. The van der Waals surface area contributed by atoms with E-state index in [9.17, 15) is 18.3 Å². The van der Waals surface area contributed by atoms with E-state index in [0.29, 0.717) is 5.92 Å². The van der Waals surface area contributed by atoms with Crippen molar-refractivity contribution in [2.24, 2.45) is 5.92 Å². The average Bonchev–Trinajstić information content (AvgIpc) is 2.49. The van der Waals surface area contributed by atoms with E-state index >= 15 is 0 Å². The Morgan fingerprint density at radius 3 is 2.25 bits per heavy atom. The Morgan fingerprint density at radius 1 is 1.17 bits per heavy atom. The van der Waals surface area contributed by atoms with Crippen molar-refractivity contribution in [1.82, 2.24) is 9.80 Å². The van der Waals surface area contributed by atoms with E-state index in [4.69, 9.17) is 0 Å². The largest absolute Gasteiger partial charge is 0.416 e. The lowest BCUT2D eigenvalue weighted by molar-refractivity contribution is -0.137. The van der Waals surface area contributed by atoms with Crippen LogP contribution in [-0.2, 0) is 6.18 Å². The zero-order valence-corrected chi connectivity index (χ0v) is 14.6. The van der Waals surface area contributed by atoms with E-state index in [1.165, 1.54) is 12.1 Å². The van der Waals surface area contributed by atoms with Crippen molar-refractivity contribution in [2.45, 2.75) is 39.0 Å². The fourth-order valence-electron chi connectivity index (χ4n) is 3.49. The lowest BCUT2D eigenvalue weighted by atomic mass is 10.0. The molecular weight excluding hydrogens is 317 g/mol. The van der Waals surface area contributed by atoms with Crippen molar-refractivity contribution in [1.29, 1.82) is 0 Å². The molecule has 0 radical (unpaired) electrons. The fraction of sp³-hybridized carbons (Fsp3) is 0.667. The van der Waals surface area contributed by atoms with Gasteiger partial charge in [0.15, 0.2) is 0 Å². The van der Waals surface area contributed by atoms with Crippen LogP contribution in [0.3, 0.4) is 0 Å². The molecule has 1 saturated heterocycles. The van der Waals surface area contributed by atoms with Crippen LogP contribution in [0.15, 0.2) is 24.3 Å². The van der Waals surface area contributed by atoms with E-state index in [2.05, 4.69) is 30.6 Å². The predicted octanol–water partition coefficient (Wildman–Crippen LogP) is 3.40. The first-order valence-corrected chi connectivity index (χ1v) is 8.48. The highest BCUT2D eigenvalue weighted by Crippen LogP contribution is 2.31. The van der Waals surface area contributed by atoms with Gasteiger partial charge in [-0.25, -0.2) is 0 Å². The van der Waals surface area contributed by atoms with Gasteiger partial charge in [0.2, 0.25) is 0 Å². The van der Waals surface area contributed by atoms with Crippen molar-refractivity contribution in [2.75, 3.05) is 32.8 Å². The van der Waals surface area contributed by atoms with Crippen LogP contribution >= 0.6 is 0 Å². The van der Waals surface area contributed by atoms with Crippen molar-refractivity contribution in [3.8, 4) is 0 Å². The Bertz CT molecular complexity index is 516. The molecule has 0 saturated carbocycles. The first kappa shape index (κ1) is 19.2. The number of alkyl halides is 3. The minimum atomic E-state index is -4.33. The maximum Gasteiger partial charge on any atom is 0.416 e. The topological polar surface area (TPSA) is 26.7 Å². The summed E-state index contributed by atoms with van der Waals surface area (Å²) < 4.78 is 38.1.